The lowest BCUT2D eigenvalue weighted by Crippen LogP contribution is -2.38. The van der Waals surface area contributed by atoms with Gasteiger partial charge in [0.25, 0.3) is 0 Å². The van der Waals surface area contributed by atoms with Gasteiger partial charge in [0, 0.05) is 19.3 Å². The van der Waals surface area contributed by atoms with Gasteiger partial charge in [-0.05, 0) is 44.6 Å². The summed E-state index contributed by atoms with van der Waals surface area (Å²) in [6.45, 7) is 5.99. The molecular weight excluding hydrogens is 202 g/mol. The van der Waals surface area contributed by atoms with Crippen LogP contribution >= 0.6 is 0 Å². The average Bonchev–Trinajstić information content (AvgIpc) is 3.15. The molecule has 1 atom stereocenters. The minimum absolute atomic E-state index is 0.443. The van der Waals surface area contributed by atoms with Gasteiger partial charge in [-0.3, -0.25) is 0 Å². The number of nitrogens with one attached hydrogen (secondary N) is 1. The Labute approximate surface area is 98.9 Å². The van der Waals surface area contributed by atoms with Crippen molar-refractivity contribution in [1.82, 2.24) is 5.32 Å². The molecule has 1 aliphatic carbocycles. The molecule has 3 heteroatoms. The molecular formula is C13H25NO2. The summed E-state index contributed by atoms with van der Waals surface area (Å²) in [5.41, 5.74) is 0. The summed E-state index contributed by atoms with van der Waals surface area (Å²) >= 11 is 0. The number of hydrogen-bond acceptors (Lipinski definition) is 3. The van der Waals surface area contributed by atoms with Crippen LogP contribution in [0, 0.1) is 5.92 Å². The van der Waals surface area contributed by atoms with Gasteiger partial charge in [-0.2, -0.15) is 0 Å². The molecule has 0 bridgehead atoms. The highest BCUT2D eigenvalue weighted by atomic mass is 16.5. The molecule has 1 heterocycles. The minimum Gasteiger partial charge on any atom is -0.381 e. The van der Waals surface area contributed by atoms with Gasteiger partial charge in [-0.25, -0.2) is 0 Å². The first-order valence-corrected chi connectivity index (χ1v) is 6.83. The predicted octanol–water partition coefficient (Wildman–Crippen LogP) is 1.96. The molecule has 94 valence electrons. The first-order chi connectivity index (χ1) is 7.90. The molecule has 1 unspecified atom stereocenters. The Morgan fingerprint density at radius 2 is 2.00 bits per heavy atom. The summed E-state index contributed by atoms with van der Waals surface area (Å²) in [5, 5.41) is 3.61. The van der Waals surface area contributed by atoms with Gasteiger partial charge in [-0.1, -0.05) is 6.92 Å². The molecule has 3 nitrogen and oxygen atoms in total. The molecule has 0 spiro atoms. The van der Waals surface area contributed by atoms with Crippen LogP contribution < -0.4 is 5.32 Å². The maximum atomic E-state index is 6.00. The average molecular weight is 227 g/mol. The Kier molecular flexibility index (Phi) is 5.07. The molecule has 0 aromatic carbocycles. The highest BCUT2D eigenvalue weighted by Gasteiger charge is 2.31. The van der Waals surface area contributed by atoms with Crippen molar-refractivity contribution in [3.05, 3.63) is 0 Å². The van der Waals surface area contributed by atoms with Crippen molar-refractivity contribution in [3.8, 4) is 0 Å². The van der Waals surface area contributed by atoms with Crippen LogP contribution in [-0.2, 0) is 9.47 Å². The zero-order valence-electron chi connectivity index (χ0n) is 10.4. The van der Waals surface area contributed by atoms with Crippen LogP contribution in [0.15, 0.2) is 0 Å². The quantitative estimate of drug-likeness (QED) is 0.721. The largest absolute Gasteiger partial charge is 0.381 e. The standard InChI is InChI=1S/C13H25NO2/c1-2-7-14-13(11-3-4-11)10-16-12-5-8-15-9-6-12/h11-14H,2-10H2,1H3. The van der Waals surface area contributed by atoms with Crippen molar-refractivity contribution < 1.29 is 9.47 Å². The van der Waals surface area contributed by atoms with Crippen LogP contribution in [0.2, 0.25) is 0 Å². The molecule has 16 heavy (non-hydrogen) atoms. The van der Waals surface area contributed by atoms with E-state index in [1.807, 2.05) is 0 Å². The van der Waals surface area contributed by atoms with Crippen LogP contribution in [0.5, 0.6) is 0 Å². The van der Waals surface area contributed by atoms with Crippen molar-refractivity contribution >= 4 is 0 Å². The van der Waals surface area contributed by atoms with Gasteiger partial charge in [0.15, 0.2) is 0 Å². The Bertz CT molecular complexity index is 188. The minimum atomic E-state index is 0.443. The first kappa shape index (κ1) is 12.3. The summed E-state index contributed by atoms with van der Waals surface area (Å²) in [6, 6.07) is 0.600. The summed E-state index contributed by atoms with van der Waals surface area (Å²) in [5.74, 6) is 0.881. The van der Waals surface area contributed by atoms with Crippen LogP contribution in [-0.4, -0.2) is 38.5 Å². The summed E-state index contributed by atoms with van der Waals surface area (Å²) in [7, 11) is 0. The highest BCUT2D eigenvalue weighted by molar-refractivity contribution is 4.86. The van der Waals surface area contributed by atoms with Gasteiger partial charge in [-0.15, -0.1) is 0 Å². The van der Waals surface area contributed by atoms with E-state index in [9.17, 15) is 0 Å². The maximum Gasteiger partial charge on any atom is 0.0626 e. The third-order valence-corrected chi connectivity index (χ3v) is 3.53. The van der Waals surface area contributed by atoms with E-state index in [1.165, 1.54) is 19.3 Å². The van der Waals surface area contributed by atoms with Crippen molar-refractivity contribution in [2.45, 2.75) is 51.2 Å². The maximum absolute atomic E-state index is 6.00. The van der Waals surface area contributed by atoms with E-state index in [-0.39, 0.29) is 0 Å². The second kappa shape index (κ2) is 6.58. The number of ether oxygens (including phenoxy) is 2. The lowest BCUT2D eigenvalue weighted by Gasteiger charge is -2.25. The highest BCUT2D eigenvalue weighted by Crippen LogP contribution is 2.33. The van der Waals surface area contributed by atoms with E-state index in [2.05, 4.69) is 12.2 Å². The van der Waals surface area contributed by atoms with Crippen LogP contribution in [0.25, 0.3) is 0 Å². The molecule has 1 saturated heterocycles. The van der Waals surface area contributed by atoms with Gasteiger partial charge >= 0.3 is 0 Å². The molecule has 0 aromatic rings. The van der Waals surface area contributed by atoms with Gasteiger partial charge in [0.1, 0.15) is 0 Å². The zero-order valence-corrected chi connectivity index (χ0v) is 10.4. The smallest absolute Gasteiger partial charge is 0.0626 e. The third kappa shape index (κ3) is 4.04. The topological polar surface area (TPSA) is 30.5 Å². The van der Waals surface area contributed by atoms with E-state index in [1.54, 1.807) is 0 Å². The lowest BCUT2D eigenvalue weighted by atomic mass is 10.1. The Balaban J connectivity index is 1.64. The van der Waals surface area contributed by atoms with Crippen LogP contribution in [0.3, 0.4) is 0 Å². The third-order valence-electron chi connectivity index (χ3n) is 3.53. The molecule has 1 saturated carbocycles. The monoisotopic (exact) mass is 227 g/mol. The number of rotatable bonds is 7. The molecule has 2 rings (SSSR count). The van der Waals surface area contributed by atoms with Crippen LogP contribution in [0.1, 0.15) is 39.0 Å². The second-order valence-electron chi connectivity index (χ2n) is 5.04. The first-order valence-electron chi connectivity index (χ1n) is 6.83. The van der Waals surface area contributed by atoms with Gasteiger partial charge in [0.2, 0.25) is 0 Å². The second-order valence-corrected chi connectivity index (χ2v) is 5.04. The Morgan fingerprint density at radius 1 is 1.25 bits per heavy atom. The summed E-state index contributed by atoms with van der Waals surface area (Å²) in [6.07, 6.45) is 6.58. The van der Waals surface area contributed by atoms with Gasteiger partial charge < -0.3 is 14.8 Å². The fraction of sp³-hybridized carbons (Fsp3) is 1.00. The Hall–Kier alpha value is -0.120. The lowest BCUT2D eigenvalue weighted by molar-refractivity contribution is -0.0395. The van der Waals surface area contributed by atoms with E-state index in [0.717, 1.165) is 45.1 Å². The Morgan fingerprint density at radius 3 is 2.62 bits per heavy atom. The van der Waals surface area contributed by atoms with Gasteiger partial charge in [0.05, 0.1) is 12.7 Å². The molecule has 2 fully saturated rings. The summed E-state index contributed by atoms with van der Waals surface area (Å²) in [4.78, 5) is 0. The molecule has 1 N–H and O–H groups in total. The van der Waals surface area contributed by atoms with E-state index in [4.69, 9.17) is 9.47 Å². The van der Waals surface area contributed by atoms with E-state index < -0.39 is 0 Å². The van der Waals surface area contributed by atoms with Crippen molar-refractivity contribution in [2.24, 2.45) is 5.92 Å². The summed E-state index contributed by atoms with van der Waals surface area (Å²) < 4.78 is 11.3. The molecule has 2 aliphatic rings. The van der Waals surface area contributed by atoms with Crippen molar-refractivity contribution in [3.63, 3.8) is 0 Å². The van der Waals surface area contributed by atoms with E-state index in [0.29, 0.717) is 12.1 Å². The molecule has 0 aromatic heterocycles. The van der Waals surface area contributed by atoms with E-state index >= 15 is 0 Å². The SMILES string of the molecule is CCCNC(COC1CCOCC1)C1CC1. The zero-order chi connectivity index (χ0) is 11.2. The van der Waals surface area contributed by atoms with Crippen LogP contribution in [0.4, 0.5) is 0 Å². The fourth-order valence-corrected chi connectivity index (χ4v) is 2.27. The molecule has 0 amide bonds. The normalized spacial score (nSPS) is 24.6. The fourth-order valence-electron chi connectivity index (χ4n) is 2.27. The molecule has 1 aliphatic heterocycles. The molecule has 0 radical (unpaired) electrons. The number of hydrogen-bond donors (Lipinski definition) is 1. The van der Waals surface area contributed by atoms with Crippen molar-refractivity contribution in [2.75, 3.05) is 26.4 Å². The predicted molar refractivity (Wildman–Crippen MR) is 64.6 cm³/mol. The van der Waals surface area contributed by atoms with Crippen molar-refractivity contribution in [1.29, 1.82) is 0 Å².